The van der Waals surface area contributed by atoms with E-state index in [1.54, 1.807) is 0 Å². The molecule has 7 heavy (non-hydrogen) atoms. The fourth-order valence-corrected chi connectivity index (χ4v) is 0.285. The fourth-order valence-electron chi connectivity index (χ4n) is 0.285. The number of aliphatic hydroxyl groups is 2. The molecule has 4 heteroatoms. The second kappa shape index (κ2) is 1.11. The van der Waals surface area contributed by atoms with Crippen LogP contribution in [0.25, 0.3) is 0 Å². The van der Waals surface area contributed by atoms with E-state index in [1.165, 1.54) is 6.20 Å². The molecule has 4 nitrogen and oxygen atoms in total. The average Bonchev–Trinajstić information content (AvgIpc) is 1.84. The van der Waals surface area contributed by atoms with Crippen LogP contribution >= 0.6 is 0 Å². The third-order valence-electron chi connectivity index (χ3n) is 0.570. The third-order valence-corrected chi connectivity index (χ3v) is 0.570. The second-order valence-electron chi connectivity index (χ2n) is 1.22. The first-order valence-corrected chi connectivity index (χ1v) is 1.75. The predicted molar refractivity (Wildman–Crippen MR) is 21.2 cm³/mol. The number of nitrogens with zero attached hydrogens (tertiary/aromatic N) is 2. The highest BCUT2D eigenvalue weighted by Gasteiger charge is 2.19. The summed E-state index contributed by atoms with van der Waals surface area (Å²) in [7, 11) is 0. The zero-order chi connectivity index (χ0) is 5.33. The molecule has 0 fully saturated rings. The van der Waals surface area contributed by atoms with Gasteiger partial charge in [-0.1, -0.05) is 0 Å². The van der Waals surface area contributed by atoms with Crippen LogP contribution in [0.15, 0.2) is 22.5 Å². The monoisotopic (exact) mass is 100 g/mol. The van der Waals surface area contributed by atoms with Gasteiger partial charge in [0, 0.05) is 6.08 Å². The standard InChI is InChI=1S/C3H4N2O2/c6-3(7)1-2-4-5-3/h1-2,6-7H. The van der Waals surface area contributed by atoms with Gasteiger partial charge in [-0.2, -0.15) is 5.11 Å². The molecule has 0 aromatic rings. The van der Waals surface area contributed by atoms with Crippen molar-refractivity contribution >= 4 is 0 Å². The summed E-state index contributed by atoms with van der Waals surface area (Å²) < 4.78 is 0. The van der Waals surface area contributed by atoms with Gasteiger partial charge in [-0.15, -0.1) is 5.11 Å². The minimum Gasteiger partial charge on any atom is -0.343 e. The van der Waals surface area contributed by atoms with Crippen molar-refractivity contribution in [2.24, 2.45) is 10.2 Å². The Morgan fingerprint density at radius 3 is 2.29 bits per heavy atom. The Kier molecular flexibility index (Phi) is 0.703. The van der Waals surface area contributed by atoms with E-state index in [2.05, 4.69) is 10.2 Å². The van der Waals surface area contributed by atoms with Crippen LogP contribution in [0.1, 0.15) is 0 Å². The second-order valence-corrected chi connectivity index (χ2v) is 1.22. The summed E-state index contributed by atoms with van der Waals surface area (Å²) in [4.78, 5) is 0. The van der Waals surface area contributed by atoms with Crippen molar-refractivity contribution in [2.75, 3.05) is 0 Å². The molecule has 2 N–H and O–H groups in total. The van der Waals surface area contributed by atoms with Gasteiger partial charge in [0.05, 0.1) is 6.20 Å². The Bertz CT molecular complexity index is 113. The Morgan fingerprint density at radius 1 is 1.43 bits per heavy atom. The first-order valence-electron chi connectivity index (χ1n) is 1.75. The lowest BCUT2D eigenvalue weighted by atomic mass is 10.5. The van der Waals surface area contributed by atoms with Crippen LogP contribution in [-0.4, -0.2) is 16.1 Å². The topological polar surface area (TPSA) is 65.2 Å². The number of rotatable bonds is 0. The van der Waals surface area contributed by atoms with E-state index in [0.717, 1.165) is 6.08 Å². The molecule has 0 aromatic carbocycles. The molecule has 38 valence electrons. The quantitative estimate of drug-likeness (QED) is 0.407. The van der Waals surface area contributed by atoms with Crippen molar-refractivity contribution in [1.29, 1.82) is 0 Å². The van der Waals surface area contributed by atoms with Crippen molar-refractivity contribution in [1.82, 2.24) is 0 Å². The van der Waals surface area contributed by atoms with Crippen LogP contribution in [0.4, 0.5) is 0 Å². The Morgan fingerprint density at radius 2 is 2.14 bits per heavy atom. The lowest BCUT2D eigenvalue weighted by molar-refractivity contribution is -0.110. The normalized spacial score (nSPS) is 23.7. The minimum atomic E-state index is -2.03. The Labute approximate surface area is 39.8 Å². The number of azo groups is 1. The molecule has 1 aliphatic rings. The van der Waals surface area contributed by atoms with Gasteiger partial charge in [0.25, 0.3) is 0 Å². The molecule has 0 amide bonds. The third kappa shape index (κ3) is 0.819. The molecule has 0 unspecified atom stereocenters. The molecule has 0 saturated heterocycles. The summed E-state index contributed by atoms with van der Waals surface area (Å²) in [5, 5.41) is 23.0. The van der Waals surface area contributed by atoms with Gasteiger partial charge in [0.1, 0.15) is 0 Å². The van der Waals surface area contributed by atoms with E-state index >= 15 is 0 Å². The first kappa shape index (κ1) is 4.42. The molecule has 0 aromatic heterocycles. The average molecular weight is 100 g/mol. The highest BCUT2D eigenvalue weighted by atomic mass is 16.5. The van der Waals surface area contributed by atoms with Gasteiger partial charge in [-0.3, -0.25) is 0 Å². The van der Waals surface area contributed by atoms with Crippen molar-refractivity contribution in [3.8, 4) is 0 Å². The van der Waals surface area contributed by atoms with Crippen LogP contribution < -0.4 is 0 Å². The first-order chi connectivity index (χ1) is 3.21. The van der Waals surface area contributed by atoms with Crippen LogP contribution in [0.5, 0.6) is 0 Å². The van der Waals surface area contributed by atoms with Gasteiger partial charge < -0.3 is 10.2 Å². The summed E-state index contributed by atoms with van der Waals surface area (Å²) in [6.07, 6.45) is 2.30. The van der Waals surface area contributed by atoms with E-state index in [-0.39, 0.29) is 0 Å². The lowest BCUT2D eigenvalue weighted by Crippen LogP contribution is -2.17. The largest absolute Gasteiger partial charge is 0.343 e. The smallest absolute Gasteiger partial charge is 0.305 e. The van der Waals surface area contributed by atoms with E-state index in [4.69, 9.17) is 10.2 Å². The molecular weight excluding hydrogens is 96.0 g/mol. The van der Waals surface area contributed by atoms with Crippen molar-refractivity contribution in [3.63, 3.8) is 0 Å². The lowest BCUT2D eigenvalue weighted by Gasteiger charge is -2.01. The number of hydrogen-bond acceptors (Lipinski definition) is 4. The SMILES string of the molecule is OC1(O)C=CN=N1. The van der Waals surface area contributed by atoms with Gasteiger partial charge in [-0.25, -0.2) is 0 Å². The van der Waals surface area contributed by atoms with Gasteiger partial charge in [0.15, 0.2) is 0 Å². The summed E-state index contributed by atoms with van der Waals surface area (Å²) in [5.74, 6) is -2.03. The summed E-state index contributed by atoms with van der Waals surface area (Å²) in [5.41, 5.74) is 0. The fraction of sp³-hybridized carbons (Fsp3) is 0.333. The summed E-state index contributed by atoms with van der Waals surface area (Å²) >= 11 is 0. The van der Waals surface area contributed by atoms with Crippen LogP contribution in [0, 0.1) is 0 Å². The molecule has 0 bridgehead atoms. The van der Waals surface area contributed by atoms with Crippen molar-refractivity contribution in [3.05, 3.63) is 12.3 Å². The van der Waals surface area contributed by atoms with Gasteiger partial charge >= 0.3 is 5.91 Å². The zero-order valence-corrected chi connectivity index (χ0v) is 3.44. The minimum absolute atomic E-state index is 1.08. The Balaban J connectivity index is 2.77. The maximum Gasteiger partial charge on any atom is 0.305 e. The number of hydrogen-bond donors (Lipinski definition) is 2. The molecule has 0 atom stereocenters. The van der Waals surface area contributed by atoms with Crippen molar-refractivity contribution in [2.45, 2.75) is 5.91 Å². The maximum atomic E-state index is 8.40. The van der Waals surface area contributed by atoms with E-state index in [0.29, 0.717) is 0 Å². The predicted octanol–water partition coefficient (Wildman–Crippen LogP) is -0.396. The molecule has 1 aliphatic heterocycles. The maximum absolute atomic E-state index is 8.40. The van der Waals surface area contributed by atoms with Crippen LogP contribution in [-0.2, 0) is 0 Å². The molecule has 0 saturated carbocycles. The Hall–Kier alpha value is -0.740. The highest BCUT2D eigenvalue weighted by molar-refractivity contribution is 4.94. The van der Waals surface area contributed by atoms with E-state index < -0.39 is 5.91 Å². The van der Waals surface area contributed by atoms with E-state index in [9.17, 15) is 0 Å². The molecule has 0 spiro atoms. The molecular formula is C3H4N2O2. The highest BCUT2D eigenvalue weighted by Crippen LogP contribution is 2.09. The van der Waals surface area contributed by atoms with Gasteiger partial charge in [0.2, 0.25) is 0 Å². The summed E-state index contributed by atoms with van der Waals surface area (Å²) in [6.45, 7) is 0. The molecule has 0 aliphatic carbocycles. The molecule has 1 rings (SSSR count). The van der Waals surface area contributed by atoms with Crippen LogP contribution in [0.2, 0.25) is 0 Å². The van der Waals surface area contributed by atoms with Crippen molar-refractivity contribution < 1.29 is 10.2 Å². The van der Waals surface area contributed by atoms with E-state index in [1.807, 2.05) is 0 Å². The molecule has 0 radical (unpaired) electrons. The van der Waals surface area contributed by atoms with Gasteiger partial charge in [-0.05, 0) is 0 Å². The molecule has 1 heterocycles. The zero-order valence-electron chi connectivity index (χ0n) is 3.44. The summed E-state index contributed by atoms with van der Waals surface area (Å²) in [6, 6.07) is 0. The van der Waals surface area contributed by atoms with Crippen LogP contribution in [0.3, 0.4) is 0 Å².